The highest BCUT2D eigenvalue weighted by Crippen LogP contribution is 2.38. The molecule has 1 saturated carbocycles. The number of ether oxygens (including phenoxy) is 2. The van der Waals surface area contributed by atoms with Crippen molar-refractivity contribution in [3.8, 4) is 0 Å². The second-order valence-corrected chi connectivity index (χ2v) is 2.32. The molecule has 0 saturated heterocycles. The first-order chi connectivity index (χ1) is 3.83. The van der Waals surface area contributed by atoms with Crippen LogP contribution in [0.2, 0.25) is 0 Å². The molecule has 1 fully saturated rings. The lowest BCUT2D eigenvalue weighted by Crippen LogP contribution is -2.17. The van der Waals surface area contributed by atoms with E-state index >= 15 is 0 Å². The van der Waals surface area contributed by atoms with Gasteiger partial charge in [0.05, 0.1) is 12.2 Å². The van der Waals surface area contributed by atoms with E-state index in [4.69, 9.17) is 9.47 Å². The Morgan fingerprint density at radius 2 is 2.00 bits per heavy atom. The summed E-state index contributed by atoms with van der Waals surface area (Å²) >= 11 is 0. The summed E-state index contributed by atoms with van der Waals surface area (Å²) in [6, 6.07) is 0. The summed E-state index contributed by atoms with van der Waals surface area (Å²) in [7, 11) is 3.45. The summed E-state index contributed by atoms with van der Waals surface area (Å²) in [5, 5.41) is 0. The van der Waals surface area contributed by atoms with Crippen LogP contribution >= 0.6 is 0 Å². The lowest BCUT2D eigenvalue weighted by atomic mass is 10.4. The van der Waals surface area contributed by atoms with Crippen molar-refractivity contribution in [2.75, 3.05) is 20.8 Å². The van der Waals surface area contributed by atoms with Gasteiger partial charge in [-0.2, -0.15) is 0 Å². The standard InChI is InChI=1S/C6H12O2/c1-7-5-6(8-2)3-4-6/h3-5H2,1-2H3. The third-order valence-corrected chi connectivity index (χ3v) is 1.65. The number of hydrogen-bond acceptors (Lipinski definition) is 2. The highest BCUT2D eigenvalue weighted by Gasteiger charge is 2.42. The molecule has 0 aliphatic heterocycles. The minimum atomic E-state index is 0.120. The van der Waals surface area contributed by atoms with Gasteiger partial charge in [0, 0.05) is 14.2 Å². The van der Waals surface area contributed by atoms with Crippen LogP contribution in [0.25, 0.3) is 0 Å². The molecule has 8 heavy (non-hydrogen) atoms. The zero-order valence-corrected chi connectivity index (χ0v) is 5.44. The monoisotopic (exact) mass is 116 g/mol. The van der Waals surface area contributed by atoms with E-state index in [1.165, 1.54) is 0 Å². The molecule has 0 amide bonds. The molecule has 0 unspecified atom stereocenters. The highest BCUT2D eigenvalue weighted by atomic mass is 16.5. The van der Waals surface area contributed by atoms with E-state index in [9.17, 15) is 0 Å². The van der Waals surface area contributed by atoms with Gasteiger partial charge in [0.1, 0.15) is 0 Å². The summed E-state index contributed by atoms with van der Waals surface area (Å²) in [6.07, 6.45) is 2.33. The van der Waals surface area contributed by atoms with Crippen LogP contribution < -0.4 is 0 Å². The second kappa shape index (κ2) is 2.03. The molecule has 2 nitrogen and oxygen atoms in total. The largest absolute Gasteiger partial charge is 0.382 e. The normalized spacial score (nSPS) is 23.2. The maximum Gasteiger partial charge on any atom is 0.0913 e. The molecule has 0 bridgehead atoms. The molecule has 0 aromatic carbocycles. The van der Waals surface area contributed by atoms with Gasteiger partial charge in [-0.1, -0.05) is 0 Å². The van der Waals surface area contributed by atoms with Gasteiger partial charge in [0.25, 0.3) is 0 Å². The molecule has 2 heteroatoms. The van der Waals surface area contributed by atoms with Gasteiger partial charge in [0.2, 0.25) is 0 Å². The van der Waals surface area contributed by atoms with Crippen molar-refractivity contribution in [3.63, 3.8) is 0 Å². The van der Waals surface area contributed by atoms with E-state index < -0.39 is 0 Å². The quantitative estimate of drug-likeness (QED) is 0.543. The lowest BCUT2D eigenvalue weighted by molar-refractivity contribution is 0.00927. The Bertz CT molecular complexity index is 76.6. The summed E-state index contributed by atoms with van der Waals surface area (Å²) in [6.45, 7) is 0.753. The van der Waals surface area contributed by atoms with Crippen LogP contribution in [-0.2, 0) is 9.47 Å². The van der Waals surface area contributed by atoms with E-state index in [-0.39, 0.29) is 5.60 Å². The fourth-order valence-corrected chi connectivity index (χ4v) is 0.810. The maximum atomic E-state index is 5.16. The van der Waals surface area contributed by atoms with Crippen molar-refractivity contribution < 1.29 is 9.47 Å². The van der Waals surface area contributed by atoms with Gasteiger partial charge < -0.3 is 9.47 Å². The molecule has 1 rings (SSSR count). The third-order valence-electron chi connectivity index (χ3n) is 1.65. The maximum absolute atomic E-state index is 5.16. The van der Waals surface area contributed by atoms with Crippen LogP contribution in [-0.4, -0.2) is 26.4 Å². The topological polar surface area (TPSA) is 18.5 Å². The lowest BCUT2D eigenvalue weighted by Gasteiger charge is -2.09. The Morgan fingerprint density at radius 3 is 2.12 bits per heavy atom. The average Bonchev–Trinajstić information content (AvgIpc) is 2.50. The van der Waals surface area contributed by atoms with Gasteiger partial charge in [-0.25, -0.2) is 0 Å². The molecule has 1 aliphatic carbocycles. The van der Waals surface area contributed by atoms with Gasteiger partial charge in [-0.3, -0.25) is 0 Å². The number of hydrogen-bond donors (Lipinski definition) is 0. The van der Waals surface area contributed by atoms with Crippen molar-refractivity contribution in [2.45, 2.75) is 18.4 Å². The summed E-state index contributed by atoms with van der Waals surface area (Å²) < 4.78 is 10.1. The summed E-state index contributed by atoms with van der Waals surface area (Å²) in [4.78, 5) is 0. The first-order valence-electron chi connectivity index (χ1n) is 2.87. The number of methoxy groups -OCH3 is 2. The Hall–Kier alpha value is -0.0800. The van der Waals surface area contributed by atoms with Crippen molar-refractivity contribution >= 4 is 0 Å². The third kappa shape index (κ3) is 1.01. The van der Waals surface area contributed by atoms with E-state index in [0.717, 1.165) is 19.4 Å². The molecular formula is C6H12O2. The van der Waals surface area contributed by atoms with Crippen LogP contribution in [0.5, 0.6) is 0 Å². The van der Waals surface area contributed by atoms with Crippen LogP contribution in [0.4, 0.5) is 0 Å². The molecule has 0 aromatic heterocycles. The first kappa shape index (κ1) is 6.05. The predicted octanol–water partition coefficient (Wildman–Crippen LogP) is 0.812. The Morgan fingerprint density at radius 1 is 1.38 bits per heavy atom. The van der Waals surface area contributed by atoms with Crippen molar-refractivity contribution in [2.24, 2.45) is 0 Å². The second-order valence-electron chi connectivity index (χ2n) is 2.32. The molecule has 1 aliphatic rings. The van der Waals surface area contributed by atoms with E-state index in [0.29, 0.717) is 0 Å². The molecule has 0 atom stereocenters. The van der Waals surface area contributed by atoms with Crippen molar-refractivity contribution in [1.82, 2.24) is 0 Å². The van der Waals surface area contributed by atoms with Gasteiger partial charge in [0.15, 0.2) is 0 Å². The summed E-state index contributed by atoms with van der Waals surface area (Å²) in [5.41, 5.74) is 0.120. The Kier molecular flexibility index (Phi) is 1.54. The van der Waals surface area contributed by atoms with E-state index in [2.05, 4.69) is 0 Å². The van der Waals surface area contributed by atoms with Crippen LogP contribution in [0.1, 0.15) is 12.8 Å². The van der Waals surface area contributed by atoms with Gasteiger partial charge in [-0.15, -0.1) is 0 Å². The van der Waals surface area contributed by atoms with Crippen LogP contribution in [0.3, 0.4) is 0 Å². The van der Waals surface area contributed by atoms with Crippen molar-refractivity contribution in [1.29, 1.82) is 0 Å². The Labute approximate surface area is 49.8 Å². The van der Waals surface area contributed by atoms with E-state index in [1.54, 1.807) is 14.2 Å². The van der Waals surface area contributed by atoms with E-state index in [1.807, 2.05) is 0 Å². The molecule has 0 radical (unpaired) electrons. The highest BCUT2D eigenvalue weighted by molar-refractivity contribution is 4.94. The fourth-order valence-electron chi connectivity index (χ4n) is 0.810. The fraction of sp³-hybridized carbons (Fsp3) is 1.00. The van der Waals surface area contributed by atoms with Gasteiger partial charge >= 0.3 is 0 Å². The molecule has 0 spiro atoms. The molecule has 0 N–H and O–H groups in total. The summed E-state index contributed by atoms with van der Waals surface area (Å²) in [5.74, 6) is 0. The zero-order valence-electron chi connectivity index (χ0n) is 5.44. The molecule has 0 aromatic rings. The molecule has 48 valence electrons. The Balaban J connectivity index is 2.20. The number of rotatable bonds is 3. The smallest absolute Gasteiger partial charge is 0.0913 e. The van der Waals surface area contributed by atoms with Crippen molar-refractivity contribution in [3.05, 3.63) is 0 Å². The van der Waals surface area contributed by atoms with Crippen LogP contribution in [0, 0.1) is 0 Å². The predicted molar refractivity (Wildman–Crippen MR) is 30.8 cm³/mol. The molecule has 0 heterocycles. The minimum absolute atomic E-state index is 0.120. The average molecular weight is 116 g/mol. The minimum Gasteiger partial charge on any atom is -0.382 e. The van der Waals surface area contributed by atoms with Crippen LogP contribution in [0.15, 0.2) is 0 Å². The zero-order chi connectivity index (χ0) is 6.04. The van der Waals surface area contributed by atoms with Gasteiger partial charge in [-0.05, 0) is 12.8 Å². The SMILES string of the molecule is COCC1(OC)CC1. The first-order valence-corrected chi connectivity index (χ1v) is 2.87. The molecular weight excluding hydrogens is 104 g/mol.